The van der Waals surface area contributed by atoms with E-state index in [-0.39, 0.29) is 27.3 Å². The van der Waals surface area contributed by atoms with Crippen molar-refractivity contribution in [2.45, 2.75) is 0 Å². The molecule has 0 aromatic rings. The molecule has 0 radical (unpaired) electrons. The molecule has 0 rings (SSSR count). The van der Waals surface area contributed by atoms with Crippen LogP contribution >= 0.6 is 0 Å². The van der Waals surface area contributed by atoms with Crippen molar-refractivity contribution in [1.82, 2.24) is 0 Å². The molecule has 5 heavy (non-hydrogen) atoms. The summed E-state index contributed by atoms with van der Waals surface area (Å²) in [6.45, 7) is 1.19. The monoisotopic (exact) mass is 174 g/mol. The molecule has 0 bridgehead atoms. The minimum absolute atomic E-state index is 0. The van der Waals surface area contributed by atoms with Crippen molar-refractivity contribution < 1.29 is 27.3 Å². The second kappa shape index (κ2) is 8.85. The van der Waals surface area contributed by atoms with E-state index in [2.05, 4.69) is 0 Å². The van der Waals surface area contributed by atoms with Crippen LogP contribution in [0.15, 0.2) is 0 Å². The minimum Gasteiger partial charge on any atom is -0.329 e. The van der Waals surface area contributed by atoms with Gasteiger partial charge in [0.2, 0.25) is 0 Å². The summed E-state index contributed by atoms with van der Waals surface area (Å²) >= 11 is 0. The average Bonchev–Trinajstić information content (AvgIpc) is 1.37. The Morgan fingerprint density at radius 2 is 1.20 bits per heavy atom. The van der Waals surface area contributed by atoms with Crippen molar-refractivity contribution in [3.63, 3.8) is 0 Å². The standard InChI is InChI=1S/C2H8N2.Cd/c3-1-2-4;/h1-4H2;. The number of nitrogens with two attached hydrogens (primary N) is 2. The Morgan fingerprint density at radius 1 is 1.00 bits per heavy atom. The summed E-state index contributed by atoms with van der Waals surface area (Å²) in [5.41, 5.74) is 9.81. The molecule has 0 aliphatic rings. The van der Waals surface area contributed by atoms with Crippen LogP contribution in [0.5, 0.6) is 0 Å². The third-order valence-corrected chi connectivity index (χ3v) is 0.167. The molecular weight excluding hydrogens is 164 g/mol. The van der Waals surface area contributed by atoms with Crippen LogP contribution in [0, 0.1) is 0 Å². The van der Waals surface area contributed by atoms with Crippen molar-refractivity contribution in [3.05, 3.63) is 0 Å². The topological polar surface area (TPSA) is 52.0 Å². The molecule has 0 heterocycles. The van der Waals surface area contributed by atoms with Crippen molar-refractivity contribution in [2.75, 3.05) is 13.1 Å². The third-order valence-electron chi connectivity index (χ3n) is 0.167. The second-order valence-corrected chi connectivity index (χ2v) is 0.577. The molecule has 0 aromatic heterocycles. The molecule has 0 saturated carbocycles. The van der Waals surface area contributed by atoms with Gasteiger partial charge in [0.1, 0.15) is 0 Å². The van der Waals surface area contributed by atoms with E-state index in [0.717, 1.165) is 0 Å². The van der Waals surface area contributed by atoms with E-state index in [1.807, 2.05) is 0 Å². The van der Waals surface area contributed by atoms with Crippen molar-refractivity contribution in [1.29, 1.82) is 0 Å². The summed E-state index contributed by atoms with van der Waals surface area (Å²) in [5, 5.41) is 0. The maximum Gasteiger partial charge on any atom is 0.00461 e. The fourth-order valence-corrected chi connectivity index (χ4v) is 0. The van der Waals surface area contributed by atoms with E-state index in [0.29, 0.717) is 13.1 Å². The van der Waals surface area contributed by atoms with Gasteiger partial charge < -0.3 is 11.5 Å². The fourth-order valence-electron chi connectivity index (χ4n) is 0. The van der Waals surface area contributed by atoms with Crippen LogP contribution < -0.4 is 11.5 Å². The zero-order chi connectivity index (χ0) is 3.41. The minimum atomic E-state index is 0. The molecule has 3 heteroatoms. The van der Waals surface area contributed by atoms with Gasteiger partial charge in [-0.3, -0.25) is 0 Å². The Bertz CT molecular complexity index is 9.61. The summed E-state index contributed by atoms with van der Waals surface area (Å²) in [5.74, 6) is 0. The maximum atomic E-state index is 4.90. The Morgan fingerprint density at radius 3 is 1.20 bits per heavy atom. The maximum absolute atomic E-state index is 4.90. The Balaban J connectivity index is 0. The first-order valence-electron chi connectivity index (χ1n) is 1.32. The van der Waals surface area contributed by atoms with Crippen LogP contribution in [0.1, 0.15) is 0 Å². The smallest absolute Gasteiger partial charge is 0.00461 e. The molecule has 0 aliphatic carbocycles. The van der Waals surface area contributed by atoms with Gasteiger partial charge in [0.05, 0.1) is 0 Å². The van der Waals surface area contributed by atoms with Gasteiger partial charge in [-0.25, -0.2) is 0 Å². The molecule has 0 unspecified atom stereocenters. The van der Waals surface area contributed by atoms with Gasteiger partial charge >= 0.3 is 0 Å². The van der Waals surface area contributed by atoms with Crippen LogP contribution in [0.3, 0.4) is 0 Å². The molecule has 2 nitrogen and oxygen atoms in total. The van der Waals surface area contributed by atoms with Gasteiger partial charge in [0.15, 0.2) is 0 Å². The number of rotatable bonds is 1. The summed E-state index contributed by atoms with van der Waals surface area (Å²) < 4.78 is 0. The van der Waals surface area contributed by atoms with Crippen molar-refractivity contribution >= 4 is 0 Å². The van der Waals surface area contributed by atoms with E-state index in [1.54, 1.807) is 0 Å². The van der Waals surface area contributed by atoms with Gasteiger partial charge in [-0.1, -0.05) is 0 Å². The average molecular weight is 173 g/mol. The van der Waals surface area contributed by atoms with E-state index < -0.39 is 0 Å². The van der Waals surface area contributed by atoms with Gasteiger partial charge in [-0.2, -0.15) is 0 Å². The van der Waals surface area contributed by atoms with E-state index in [9.17, 15) is 0 Å². The third kappa shape index (κ3) is 11.5. The number of hydrogen-bond acceptors (Lipinski definition) is 2. The van der Waals surface area contributed by atoms with E-state index in [4.69, 9.17) is 11.5 Å². The van der Waals surface area contributed by atoms with Crippen LogP contribution in [0.25, 0.3) is 0 Å². The molecule has 0 fully saturated rings. The van der Waals surface area contributed by atoms with Crippen LogP contribution in [-0.4, -0.2) is 13.1 Å². The Kier molecular flexibility index (Phi) is 16.4. The Labute approximate surface area is 52.1 Å². The molecule has 28 valence electrons. The largest absolute Gasteiger partial charge is 0.329 e. The molecule has 0 spiro atoms. The van der Waals surface area contributed by atoms with Gasteiger partial charge in [0.25, 0.3) is 0 Å². The molecular formula is C2H8CdN2. The SMILES string of the molecule is NCCN.[Cd]. The van der Waals surface area contributed by atoms with Crippen molar-refractivity contribution in [3.8, 4) is 0 Å². The molecule has 0 saturated heterocycles. The zero-order valence-corrected chi connectivity index (χ0v) is 7.31. The predicted molar refractivity (Wildman–Crippen MR) is 18.1 cm³/mol. The second-order valence-electron chi connectivity index (χ2n) is 0.577. The van der Waals surface area contributed by atoms with Gasteiger partial charge in [0, 0.05) is 40.4 Å². The summed E-state index contributed by atoms with van der Waals surface area (Å²) in [6, 6.07) is 0. The molecule has 0 aliphatic heterocycles. The molecule has 4 N–H and O–H groups in total. The van der Waals surface area contributed by atoms with E-state index >= 15 is 0 Å². The molecule has 0 atom stereocenters. The predicted octanol–water partition coefficient (Wildman–Crippen LogP) is -1.10. The van der Waals surface area contributed by atoms with E-state index in [1.165, 1.54) is 0 Å². The van der Waals surface area contributed by atoms with Gasteiger partial charge in [-0.05, 0) is 0 Å². The first-order chi connectivity index (χ1) is 1.91. The number of hydrogen-bond donors (Lipinski definition) is 2. The normalized spacial score (nSPS) is 6.00. The summed E-state index contributed by atoms with van der Waals surface area (Å²) in [6.07, 6.45) is 0. The zero-order valence-electron chi connectivity index (χ0n) is 3.28. The first-order valence-corrected chi connectivity index (χ1v) is 1.32. The fraction of sp³-hybridized carbons (Fsp3) is 1.00. The first kappa shape index (κ1) is 9.28. The van der Waals surface area contributed by atoms with Gasteiger partial charge in [-0.15, -0.1) is 0 Å². The summed E-state index contributed by atoms with van der Waals surface area (Å²) in [7, 11) is 0. The van der Waals surface area contributed by atoms with Crippen molar-refractivity contribution in [2.24, 2.45) is 11.5 Å². The van der Waals surface area contributed by atoms with Crippen LogP contribution in [0.4, 0.5) is 0 Å². The quantitative estimate of drug-likeness (QED) is 0.494. The summed E-state index contributed by atoms with van der Waals surface area (Å²) in [4.78, 5) is 0. The molecule has 0 amide bonds. The molecule has 0 aromatic carbocycles. The Hall–Kier alpha value is 0.842. The van der Waals surface area contributed by atoms with Crippen LogP contribution in [0.2, 0.25) is 0 Å². The van der Waals surface area contributed by atoms with Crippen LogP contribution in [-0.2, 0) is 27.3 Å².